The van der Waals surface area contributed by atoms with Gasteiger partial charge in [0.05, 0.1) is 6.61 Å². The molecule has 0 aliphatic carbocycles. The van der Waals surface area contributed by atoms with Crippen LogP contribution in [0.2, 0.25) is 0 Å². The summed E-state index contributed by atoms with van der Waals surface area (Å²) in [6.45, 7) is -1.09. The van der Waals surface area contributed by atoms with E-state index in [0.717, 1.165) is 0 Å². The molecule has 0 rings (SSSR count). The standard InChI is InChI=1S/C6H12FO8P/c7-5(6(11)3(9)1-8)4(10)2-15-16(12,13)14/h1,3-6,9-11H,2H2,(H2,12,13,14)/t3-,4+,5+,6+/m0/s1. The molecule has 0 radical (unpaired) electrons. The number of alkyl halides is 1. The Bertz CT molecular complexity index is 267. The minimum absolute atomic E-state index is 0.145. The van der Waals surface area contributed by atoms with Crippen molar-refractivity contribution in [2.24, 2.45) is 0 Å². The number of aldehydes is 1. The summed E-state index contributed by atoms with van der Waals surface area (Å²) in [6.07, 6.45) is -8.95. The van der Waals surface area contributed by atoms with Crippen molar-refractivity contribution >= 4 is 14.1 Å². The van der Waals surface area contributed by atoms with Gasteiger partial charge in [-0.2, -0.15) is 0 Å². The maximum atomic E-state index is 13.1. The predicted octanol–water partition coefficient (Wildman–Crippen LogP) is -2.28. The van der Waals surface area contributed by atoms with Crippen molar-refractivity contribution in [1.82, 2.24) is 0 Å². The molecule has 0 saturated carbocycles. The lowest BCUT2D eigenvalue weighted by molar-refractivity contribution is -0.127. The molecular formula is C6H12FO8P. The van der Waals surface area contributed by atoms with Crippen molar-refractivity contribution < 1.29 is 43.4 Å². The van der Waals surface area contributed by atoms with E-state index in [2.05, 4.69) is 4.52 Å². The predicted molar refractivity (Wildman–Crippen MR) is 47.0 cm³/mol. The maximum Gasteiger partial charge on any atom is 0.469 e. The van der Waals surface area contributed by atoms with Gasteiger partial charge >= 0.3 is 7.82 Å². The van der Waals surface area contributed by atoms with Crippen LogP contribution >= 0.6 is 7.82 Å². The molecule has 0 aromatic rings. The minimum atomic E-state index is -4.86. The molecule has 10 heteroatoms. The van der Waals surface area contributed by atoms with Crippen molar-refractivity contribution in [3.8, 4) is 0 Å². The van der Waals surface area contributed by atoms with Crippen LogP contribution in [0.5, 0.6) is 0 Å². The lowest BCUT2D eigenvalue weighted by Crippen LogP contribution is -2.44. The first-order chi connectivity index (χ1) is 7.19. The number of halogens is 1. The van der Waals surface area contributed by atoms with E-state index in [1.165, 1.54) is 0 Å². The van der Waals surface area contributed by atoms with Crippen LogP contribution in [0.3, 0.4) is 0 Å². The molecule has 0 amide bonds. The lowest BCUT2D eigenvalue weighted by atomic mass is 10.1. The summed E-state index contributed by atoms with van der Waals surface area (Å²) in [5, 5.41) is 26.6. The zero-order chi connectivity index (χ0) is 12.9. The quantitative estimate of drug-likeness (QED) is 0.255. The summed E-state index contributed by atoms with van der Waals surface area (Å²) < 4.78 is 27.0. The number of rotatable bonds is 7. The van der Waals surface area contributed by atoms with Crippen molar-refractivity contribution in [3.05, 3.63) is 0 Å². The highest BCUT2D eigenvalue weighted by molar-refractivity contribution is 7.46. The minimum Gasteiger partial charge on any atom is -0.388 e. The number of aliphatic hydroxyl groups is 3. The van der Waals surface area contributed by atoms with E-state index in [1.54, 1.807) is 0 Å². The van der Waals surface area contributed by atoms with Gasteiger partial charge in [-0.3, -0.25) is 4.52 Å². The van der Waals surface area contributed by atoms with Gasteiger partial charge < -0.3 is 29.9 Å². The van der Waals surface area contributed by atoms with E-state index >= 15 is 0 Å². The first kappa shape index (κ1) is 15.6. The summed E-state index contributed by atoms with van der Waals surface area (Å²) in [6, 6.07) is 0. The maximum absolute atomic E-state index is 13.1. The molecule has 0 bridgehead atoms. The molecule has 96 valence electrons. The van der Waals surface area contributed by atoms with E-state index in [-0.39, 0.29) is 6.29 Å². The molecule has 0 heterocycles. The van der Waals surface area contributed by atoms with E-state index in [1.807, 2.05) is 0 Å². The van der Waals surface area contributed by atoms with Gasteiger partial charge in [0, 0.05) is 0 Å². The summed E-state index contributed by atoms with van der Waals surface area (Å²) in [5.41, 5.74) is 0. The SMILES string of the molecule is O=C[C@H](O)[C@@H](O)[C@H](F)[C@H](O)COP(=O)(O)O. The van der Waals surface area contributed by atoms with Crippen molar-refractivity contribution in [3.63, 3.8) is 0 Å². The second-order valence-electron chi connectivity index (χ2n) is 2.92. The molecule has 0 aliphatic rings. The molecule has 4 atom stereocenters. The largest absolute Gasteiger partial charge is 0.469 e. The normalized spacial score (nSPS) is 19.9. The van der Waals surface area contributed by atoms with Crippen LogP contribution in [0.15, 0.2) is 0 Å². The molecule has 5 N–H and O–H groups in total. The Morgan fingerprint density at radius 1 is 1.31 bits per heavy atom. The van der Waals surface area contributed by atoms with Gasteiger partial charge in [-0.15, -0.1) is 0 Å². The third-order valence-electron chi connectivity index (χ3n) is 1.60. The zero-order valence-corrected chi connectivity index (χ0v) is 8.77. The number of carbonyl (C=O) groups is 1. The van der Waals surface area contributed by atoms with Crippen LogP contribution in [-0.4, -0.2) is 62.5 Å². The number of aliphatic hydroxyl groups excluding tert-OH is 3. The van der Waals surface area contributed by atoms with Crippen molar-refractivity contribution in [2.45, 2.75) is 24.5 Å². The highest BCUT2D eigenvalue weighted by Gasteiger charge is 2.33. The Hall–Kier alpha value is -0.410. The molecule has 0 unspecified atom stereocenters. The molecule has 0 aromatic carbocycles. The first-order valence-corrected chi connectivity index (χ1v) is 5.55. The second-order valence-corrected chi connectivity index (χ2v) is 4.15. The van der Waals surface area contributed by atoms with Gasteiger partial charge in [-0.05, 0) is 0 Å². The highest BCUT2D eigenvalue weighted by Crippen LogP contribution is 2.36. The fourth-order valence-corrected chi connectivity index (χ4v) is 1.11. The average Bonchev–Trinajstić information content (AvgIpc) is 2.21. The monoisotopic (exact) mass is 262 g/mol. The fraction of sp³-hybridized carbons (Fsp3) is 0.833. The smallest absolute Gasteiger partial charge is 0.388 e. The van der Waals surface area contributed by atoms with Crippen LogP contribution in [-0.2, 0) is 13.9 Å². The van der Waals surface area contributed by atoms with E-state index < -0.39 is 38.9 Å². The third kappa shape index (κ3) is 5.61. The fourth-order valence-electron chi connectivity index (χ4n) is 0.762. The second kappa shape index (κ2) is 6.36. The van der Waals surface area contributed by atoms with E-state index in [9.17, 15) is 13.8 Å². The zero-order valence-electron chi connectivity index (χ0n) is 7.88. The number of carbonyl (C=O) groups excluding carboxylic acids is 1. The molecule has 0 aromatic heterocycles. The summed E-state index contributed by atoms with van der Waals surface area (Å²) >= 11 is 0. The number of phosphoric acid groups is 1. The van der Waals surface area contributed by atoms with Crippen LogP contribution in [0.25, 0.3) is 0 Å². The summed E-state index contributed by atoms with van der Waals surface area (Å²) in [4.78, 5) is 26.4. The topological polar surface area (TPSA) is 145 Å². The Kier molecular flexibility index (Phi) is 6.19. The molecule has 0 aliphatic heterocycles. The summed E-state index contributed by atoms with van der Waals surface area (Å²) in [7, 11) is -4.86. The van der Waals surface area contributed by atoms with Gasteiger partial charge in [0.1, 0.15) is 18.3 Å². The van der Waals surface area contributed by atoms with Crippen LogP contribution in [0.4, 0.5) is 4.39 Å². The Morgan fingerprint density at radius 2 is 1.81 bits per heavy atom. The van der Waals surface area contributed by atoms with E-state index in [4.69, 9.17) is 25.1 Å². The van der Waals surface area contributed by atoms with Gasteiger partial charge in [0.15, 0.2) is 12.5 Å². The Morgan fingerprint density at radius 3 is 2.19 bits per heavy atom. The molecule has 0 spiro atoms. The number of hydrogen-bond donors (Lipinski definition) is 5. The van der Waals surface area contributed by atoms with Gasteiger partial charge in [-0.25, -0.2) is 8.96 Å². The molecule has 16 heavy (non-hydrogen) atoms. The Balaban J connectivity index is 4.22. The van der Waals surface area contributed by atoms with Gasteiger partial charge in [-0.1, -0.05) is 0 Å². The van der Waals surface area contributed by atoms with Gasteiger partial charge in [0.2, 0.25) is 0 Å². The molecular weight excluding hydrogens is 250 g/mol. The molecule has 0 fully saturated rings. The summed E-state index contributed by atoms with van der Waals surface area (Å²) in [5.74, 6) is 0. The third-order valence-corrected chi connectivity index (χ3v) is 2.08. The van der Waals surface area contributed by atoms with Crippen LogP contribution in [0.1, 0.15) is 0 Å². The van der Waals surface area contributed by atoms with Gasteiger partial charge in [0.25, 0.3) is 0 Å². The number of hydrogen-bond acceptors (Lipinski definition) is 6. The van der Waals surface area contributed by atoms with Crippen LogP contribution in [0, 0.1) is 0 Å². The molecule has 8 nitrogen and oxygen atoms in total. The van der Waals surface area contributed by atoms with E-state index in [0.29, 0.717) is 0 Å². The molecule has 0 saturated heterocycles. The Labute approximate surface area is 89.5 Å². The highest BCUT2D eigenvalue weighted by atomic mass is 31.2. The number of phosphoric ester groups is 1. The lowest BCUT2D eigenvalue weighted by Gasteiger charge is -2.21. The first-order valence-electron chi connectivity index (χ1n) is 4.02. The van der Waals surface area contributed by atoms with Crippen molar-refractivity contribution in [1.29, 1.82) is 0 Å². The average molecular weight is 262 g/mol. The van der Waals surface area contributed by atoms with Crippen molar-refractivity contribution in [2.75, 3.05) is 6.61 Å². The van der Waals surface area contributed by atoms with Crippen LogP contribution < -0.4 is 0 Å².